The molecule has 1 amide bonds. The maximum Gasteiger partial charge on any atom is 0.221 e. The van der Waals surface area contributed by atoms with Crippen molar-refractivity contribution in [2.75, 3.05) is 6.54 Å². The Bertz CT molecular complexity index is 475. The van der Waals surface area contributed by atoms with Gasteiger partial charge in [-0.05, 0) is 57.2 Å². The van der Waals surface area contributed by atoms with E-state index in [4.69, 9.17) is 11.6 Å². The minimum Gasteiger partial charge on any atom is -0.351 e. The second kappa shape index (κ2) is 6.80. The van der Waals surface area contributed by atoms with Crippen LogP contribution in [0.3, 0.4) is 0 Å². The number of carbonyl (C=O) groups is 1. The molecule has 0 bridgehead atoms. The van der Waals surface area contributed by atoms with Crippen LogP contribution < -0.4 is 10.6 Å². The third-order valence-electron chi connectivity index (χ3n) is 3.55. The highest BCUT2D eigenvalue weighted by atomic mass is 35.5. The standard InChI is InChI=1S/C17H25ClN2O/c1-17(2,3)20-15(21)10-11-19-16(12-4-5-12)13-6-8-14(18)9-7-13/h6-9,12,16,19H,4-5,10-11H2,1-3H3,(H,20,21). The van der Waals surface area contributed by atoms with Crippen LogP contribution in [0, 0.1) is 5.92 Å². The molecule has 1 aromatic rings. The van der Waals surface area contributed by atoms with E-state index in [1.165, 1.54) is 18.4 Å². The van der Waals surface area contributed by atoms with E-state index in [0.717, 1.165) is 5.02 Å². The van der Waals surface area contributed by atoms with Crippen LogP contribution in [0.4, 0.5) is 0 Å². The highest BCUT2D eigenvalue weighted by Crippen LogP contribution is 2.41. The molecule has 1 fully saturated rings. The van der Waals surface area contributed by atoms with Gasteiger partial charge in [0.15, 0.2) is 0 Å². The van der Waals surface area contributed by atoms with E-state index in [-0.39, 0.29) is 11.4 Å². The molecule has 1 atom stereocenters. The molecule has 0 spiro atoms. The lowest BCUT2D eigenvalue weighted by atomic mass is 10.0. The molecule has 1 aliphatic carbocycles. The SMILES string of the molecule is CC(C)(C)NC(=O)CCNC(c1ccc(Cl)cc1)C1CC1. The third-order valence-corrected chi connectivity index (χ3v) is 3.81. The van der Waals surface area contributed by atoms with Gasteiger partial charge in [0, 0.05) is 29.6 Å². The van der Waals surface area contributed by atoms with Crippen molar-refractivity contribution in [3.8, 4) is 0 Å². The molecule has 2 N–H and O–H groups in total. The molecule has 1 aliphatic rings. The molecule has 0 radical (unpaired) electrons. The van der Waals surface area contributed by atoms with E-state index in [0.29, 0.717) is 24.9 Å². The van der Waals surface area contributed by atoms with Crippen LogP contribution in [0.2, 0.25) is 5.02 Å². The number of hydrogen-bond donors (Lipinski definition) is 2. The number of hydrogen-bond acceptors (Lipinski definition) is 2. The summed E-state index contributed by atoms with van der Waals surface area (Å²) in [5.74, 6) is 0.789. The normalized spacial score (nSPS) is 16.6. The fourth-order valence-electron chi connectivity index (χ4n) is 2.48. The topological polar surface area (TPSA) is 41.1 Å². The fourth-order valence-corrected chi connectivity index (χ4v) is 2.60. The summed E-state index contributed by atoms with van der Waals surface area (Å²) in [4.78, 5) is 11.8. The molecule has 0 heterocycles. The van der Waals surface area contributed by atoms with Gasteiger partial charge in [-0.2, -0.15) is 0 Å². The van der Waals surface area contributed by atoms with Crippen molar-refractivity contribution < 1.29 is 4.79 Å². The highest BCUT2D eigenvalue weighted by molar-refractivity contribution is 6.30. The Hall–Kier alpha value is -1.06. The van der Waals surface area contributed by atoms with Crippen LogP contribution in [0.5, 0.6) is 0 Å². The number of carbonyl (C=O) groups excluding carboxylic acids is 1. The number of halogens is 1. The van der Waals surface area contributed by atoms with Crippen molar-refractivity contribution in [1.82, 2.24) is 10.6 Å². The second-order valence-corrected chi connectivity index (χ2v) is 7.31. The summed E-state index contributed by atoms with van der Waals surface area (Å²) in [6.07, 6.45) is 3.02. The Kier molecular flexibility index (Phi) is 5.28. The molecule has 0 aromatic heterocycles. The van der Waals surface area contributed by atoms with Gasteiger partial charge in [-0.15, -0.1) is 0 Å². The van der Waals surface area contributed by atoms with Crippen LogP contribution in [-0.4, -0.2) is 18.0 Å². The first-order valence-corrected chi connectivity index (χ1v) is 8.03. The molecular formula is C17H25ClN2O. The van der Waals surface area contributed by atoms with Crippen LogP contribution in [0.1, 0.15) is 51.6 Å². The molecule has 0 saturated heterocycles. The monoisotopic (exact) mass is 308 g/mol. The van der Waals surface area contributed by atoms with E-state index in [1.54, 1.807) is 0 Å². The molecule has 1 aromatic carbocycles. The summed E-state index contributed by atoms with van der Waals surface area (Å²) in [5, 5.41) is 7.28. The molecular weight excluding hydrogens is 284 g/mol. The maximum atomic E-state index is 11.8. The van der Waals surface area contributed by atoms with E-state index >= 15 is 0 Å². The summed E-state index contributed by atoms with van der Waals surface area (Å²) in [5.41, 5.74) is 1.10. The fraction of sp³-hybridized carbons (Fsp3) is 0.588. The highest BCUT2D eigenvalue weighted by Gasteiger charge is 2.31. The number of benzene rings is 1. The smallest absolute Gasteiger partial charge is 0.221 e. The van der Waals surface area contributed by atoms with Crippen molar-refractivity contribution in [2.45, 2.75) is 51.6 Å². The summed E-state index contributed by atoms with van der Waals surface area (Å²) in [6.45, 7) is 6.70. The van der Waals surface area contributed by atoms with Crippen LogP contribution in [0.25, 0.3) is 0 Å². The molecule has 1 unspecified atom stereocenters. The van der Waals surface area contributed by atoms with Crippen LogP contribution in [-0.2, 0) is 4.79 Å². The van der Waals surface area contributed by atoms with Crippen LogP contribution in [0.15, 0.2) is 24.3 Å². The summed E-state index contributed by atoms with van der Waals surface area (Å²) in [7, 11) is 0. The lowest BCUT2D eigenvalue weighted by Gasteiger charge is -2.22. The minimum atomic E-state index is -0.164. The van der Waals surface area contributed by atoms with Gasteiger partial charge in [-0.25, -0.2) is 0 Å². The Balaban J connectivity index is 1.84. The number of rotatable bonds is 6. The zero-order valence-electron chi connectivity index (χ0n) is 13.1. The second-order valence-electron chi connectivity index (χ2n) is 6.87. The molecule has 1 saturated carbocycles. The van der Waals surface area contributed by atoms with Gasteiger partial charge < -0.3 is 10.6 Å². The maximum absolute atomic E-state index is 11.8. The Morgan fingerprint density at radius 2 is 1.90 bits per heavy atom. The van der Waals surface area contributed by atoms with E-state index in [1.807, 2.05) is 32.9 Å². The van der Waals surface area contributed by atoms with Gasteiger partial charge in [0.05, 0.1) is 0 Å². The van der Waals surface area contributed by atoms with Gasteiger partial charge in [0.25, 0.3) is 0 Å². The lowest BCUT2D eigenvalue weighted by molar-refractivity contribution is -0.122. The molecule has 0 aliphatic heterocycles. The Labute approximate surface area is 132 Å². The largest absolute Gasteiger partial charge is 0.351 e. The summed E-state index contributed by atoms with van der Waals surface area (Å²) < 4.78 is 0. The summed E-state index contributed by atoms with van der Waals surface area (Å²) >= 11 is 5.95. The van der Waals surface area contributed by atoms with Crippen molar-refractivity contribution in [2.24, 2.45) is 5.92 Å². The quantitative estimate of drug-likeness (QED) is 0.841. The minimum absolute atomic E-state index is 0.0978. The van der Waals surface area contributed by atoms with E-state index in [9.17, 15) is 4.79 Å². The number of amides is 1. The molecule has 116 valence electrons. The van der Waals surface area contributed by atoms with Crippen molar-refractivity contribution in [3.63, 3.8) is 0 Å². The Morgan fingerprint density at radius 1 is 1.29 bits per heavy atom. The predicted octanol–water partition coefficient (Wildman–Crippen LogP) is 3.69. The van der Waals surface area contributed by atoms with E-state index in [2.05, 4.69) is 22.8 Å². The molecule has 3 nitrogen and oxygen atoms in total. The zero-order valence-corrected chi connectivity index (χ0v) is 13.8. The van der Waals surface area contributed by atoms with Gasteiger partial charge in [-0.1, -0.05) is 23.7 Å². The average Bonchev–Trinajstić information content (AvgIpc) is 3.18. The zero-order chi connectivity index (χ0) is 15.5. The van der Waals surface area contributed by atoms with Gasteiger partial charge >= 0.3 is 0 Å². The molecule has 21 heavy (non-hydrogen) atoms. The van der Waals surface area contributed by atoms with Crippen molar-refractivity contribution >= 4 is 17.5 Å². The van der Waals surface area contributed by atoms with Gasteiger partial charge in [-0.3, -0.25) is 4.79 Å². The Morgan fingerprint density at radius 3 is 2.43 bits per heavy atom. The third kappa shape index (κ3) is 5.68. The molecule has 4 heteroatoms. The summed E-state index contributed by atoms with van der Waals surface area (Å²) in [6, 6.07) is 8.35. The van der Waals surface area contributed by atoms with E-state index < -0.39 is 0 Å². The molecule has 2 rings (SSSR count). The first-order chi connectivity index (χ1) is 9.85. The van der Waals surface area contributed by atoms with Gasteiger partial charge in [0.1, 0.15) is 0 Å². The van der Waals surface area contributed by atoms with Crippen LogP contribution >= 0.6 is 11.6 Å². The predicted molar refractivity (Wildman–Crippen MR) is 87.4 cm³/mol. The van der Waals surface area contributed by atoms with Crippen molar-refractivity contribution in [1.29, 1.82) is 0 Å². The van der Waals surface area contributed by atoms with Crippen molar-refractivity contribution in [3.05, 3.63) is 34.9 Å². The first kappa shape index (κ1) is 16.3. The first-order valence-electron chi connectivity index (χ1n) is 7.65. The average molecular weight is 309 g/mol. The van der Waals surface area contributed by atoms with Gasteiger partial charge in [0.2, 0.25) is 5.91 Å². The lowest BCUT2D eigenvalue weighted by Crippen LogP contribution is -2.41. The number of nitrogens with one attached hydrogen (secondary N) is 2.